The van der Waals surface area contributed by atoms with E-state index in [0.29, 0.717) is 0 Å². The van der Waals surface area contributed by atoms with Crippen molar-refractivity contribution in [1.82, 2.24) is 0 Å². The molecule has 0 N–H and O–H groups in total. The van der Waals surface area contributed by atoms with Gasteiger partial charge in [0.2, 0.25) is 0 Å². The second-order valence-electron chi connectivity index (χ2n) is 1.57. The molecule has 0 saturated carbocycles. The molecule has 0 radical (unpaired) electrons. The highest BCUT2D eigenvalue weighted by Crippen LogP contribution is 2.54. The number of hydrogen-bond donors (Lipinski definition) is 0. The van der Waals surface area contributed by atoms with Gasteiger partial charge in [0.15, 0.2) is 0 Å². The third-order valence-electron chi connectivity index (χ3n) is 0.867. The molecule has 0 aromatic heterocycles. The SMILES string of the molecule is O=S1(=O)OC(F)(F)C1(F)Br. The maximum Gasteiger partial charge on any atom is 0.431 e. The maximum absolute atomic E-state index is 12.2. The molecule has 1 atom stereocenters. The van der Waals surface area contributed by atoms with Crippen molar-refractivity contribution >= 4 is 26.0 Å². The van der Waals surface area contributed by atoms with E-state index in [2.05, 4.69) is 4.18 Å². The van der Waals surface area contributed by atoms with E-state index < -0.39 is 20.1 Å². The molecular formula is C2BrF3O3S. The lowest BCUT2D eigenvalue weighted by Gasteiger charge is -2.35. The molecule has 8 heteroatoms. The van der Waals surface area contributed by atoms with Gasteiger partial charge in [0.25, 0.3) is 0 Å². The smallest absolute Gasteiger partial charge is 0.201 e. The van der Waals surface area contributed by atoms with Crippen LogP contribution in [0.4, 0.5) is 13.2 Å². The molecule has 0 aliphatic carbocycles. The molecule has 0 spiro atoms. The summed E-state index contributed by atoms with van der Waals surface area (Å²) in [5.41, 5.74) is 0. The highest BCUT2D eigenvalue weighted by molar-refractivity contribution is 9.11. The summed E-state index contributed by atoms with van der Waals surface area (Å²) in [6.07, 6.45) is -4.29. The van der Waals surface area contributed by atoms with Crippen molar-refractivity contribution in [2.24, 2.45) is 0 Å². The second kappa shape index (κ2) is 1.67. The highest BCUT2D eigenvalue weighted by atomic mass is 79.9. The molecule has 10 heavy (non-hydrogen) atoms. The summed E-state index contributed by atoms with van der Waals surface area (Å²) in [5, 5.41) is 0. The van der Waals surface area contributed by atoms with Crippen LogP contribution in [-0.4, -0.2) is 18.4 Å². The summed E-state index contributed by atoms with van der Waals surface area (Å²) in [6.45, 7) is 0. The molecule has 60 valence electrons. The molecular weight excluding hydrogens is 241 g/mol. The van der Waals surface area contributed by atoms with Crippen molar-refractivity contribution in [2.75, 3.05) is 0 Å². The Bertz CT molecular complexity index is 257. The number of halogens is 4. The molecule has 0 aromatic rings. The van der Waals surface area contributed by atoms with Crippen LogP contribution < -0.4 is 0 Å². The maximum atomic E-state index is 12.2. The van der Waals surface area contributed by atoms with Gasteiger partial charge in [0.1, 0.15) is 0 Å². The third kappa shape index (κ3) is 0.721. The monoisotopic (exact) mass is 240 g/mol. The average molecular weight is 241 g/mol. The molecule has 1 heterocycles. The van der Waals surface area contributed by atoms with E-state index in [1.54, 1.807) is 15.9 Å². The molecule has 0 bridgehead atoms. The van der Waals surface area contributed by atoms with Gasteiger partial charge in [0.05, 0.1) is 0 Å². The molecule has 1 unspecified atom stereocenters. The van der Waals surface area contributed by atoms with Crippen LogP contribution >= 0.6 is 15.9 Å². The Labute approximate surface area is 62.4 Å². The molecule has 0 amide bonds. The topological polar surface area (TPSA) is 43.4 Å². The van der Waals surface area contributed by atoms with Crippen LogP contribution in [0.1, 0.15) is 0 Å². The first-order chi connectivity index (χ1) is 4.21. The van der Waals surface area contributed by atoms with Crippen LogP contribution in [0.15, 0.2) is 0 Å². The van der Waals surface area contributed by atoms with Crippen LogP contribution in [0.25, 0.3) is 0 Å². The molecule has 1 rings (SSSR count). The number of rotatable bonds is 0. The van der Waals surface area contributed by atoms with Crippen LogP contribution in [0.5, 0.6) is 0 Å². The Balaban J connectivity index is 3.08. The van der Waals surface area contributed by atoms with Crippen LogP contribution in [0.3, 0.4) is 0 Å². The third-order valence-corrected chi connectivity index (χ3v) is 3.81. The van der Waals surface area contributed by atoms with Crippen molar-refractivity contribution in [1.29, 1.82) is 0 Å². The zero-order valence-electron chi connectivity index (χ0n) is 4.14. The lowest BCUT2D eigenvalue weighted by Crippen LogP contribution is -2.60. The van der Waals surface area contributed by atoms with Gasteiger partial charge in [-0.05, 0) is 15.9 Å². The predicted octanol–water partition coefficient (Wildman–Crippen LogP) is 0.957. The Hall–Kier alpha value is 0.180. The predicted molar refractivity (Wildman–Crippen MR) is 27.7 cm³/mol. The summed E-state index contributed by atoms with van der Waals surface area (Å²) in [5.74, 6) is 0. The van der Waals surface area contributed by atoms with E-state index in [0.717, 1.165) is 0 Å². The standard InChI is InChI=1S/C2BrF3O3S/c3-1(4)2(5,6)9-10(1,7)8. The summed E-state index contributed by atoms with van der Waals surface area (Å²) < 4.78 is 55.0. The van der Waals surface area contributed by atoms with Crippen LogP contribution in [0.2, 0.25) is 0 Å². The minimum atomic E-state index is -4.77. The molecule has 0 aromatic carbocycles. The first-order valence-corrected chi connectivity index (χ1v) is 4.12. The summed E-state index contributed by atoms with van der Waals surface area (Å²) in [6, 6.07) is 0. The fourth-order valence-corrected chi connectivity index (χ4v) is 1.45. The van der Waals surface area contributed by atoms with Crippen molar-refractivity contribution in [3.05, 3.63) is 0 Å². The average Bonchev–Trinajstić information content (AvgIpc) is 1.61. The van der Waals surface area contributed by atoms with Crippen molar-refractivity contribution in [3.63, 3.8) is 0 Å². The Morgan fingerprint density at radius 3 is 1.70 bits per heavy atom. The van der Waals surface area contributed by atoms with E-state index in [1.807, 2.05) is 0 Å². The van der Waals surface area contributed by atoms with Gasteiger partial charge in [-0.1, -0.05) is 0 Å². The summed E-state index contributed by atoms with van der Waals surface area (Å²) in [7, 11) is -4.77. The minimum absolute atomic E-state index is 1.68. The van der Waals surface area contributed by atoms with Gasteiger partial charge in [0, 0.05) is 0 Å². The van der Waals surface area contributed by atoms with E-state index in [-0.39, 0.29) is 0 Å². The molecule has 1 aliphatic heterocycles. The minimum Gasteiger partial charge on any atom is -0.201 e. The van der Waals surface area contributed by atoms with Crippen molar-refractivity contribution in [3.8, 4) is 0 Å². The van der Waals surface area contributed by atoms with Gasteiger partial charge in [-0.3, -0.25) is 0 Å². The fourth-order valence-electron chi connectivity index (χ4n) is 0.350. The quantitative estimate of drug-likeness (QED) is 0.468. The first kappa shape index (κ1) is 8.28. The van der Waals surface area contributed by atoms with Gasteiger partial charge in [-0.15, -0.1) is 0 Å². The highest BCUT2D eigenvalue weighted by Gasteiger charge is 2.77. The summed E-state index contributed by atoms with van der Waals surface area (Å²) in [4.78, 5) is 0. The Kier molecular flexibility index (Phi) is 1.38. The molecule has 1 fully saturated rings. The van der Waals surface area contributed by atoms with E-state index in [4.69, 9.17) is 0 Å². The zero-order valence-corrected chi connectivity index (χ0v) is 6.55. The van der Waals surface area contributed by atoms with Crippen molar-refractivity contribution < 1.29 is 25.8 Å². The van der Waals surface area contributed by atoms with Gasteiger partial charge >= 0.3 is 20.1 Å². The van der Waals surface area contributed by atoms with Crippen molar-refractivity contribution in [2.45, 2.75) is 10.0 Å². The van der Waals surface area contributed by atoms with Gasteiger partial charge < -0.3 is 0 Å². The molecule has 1 aliphatic rings. The summed E-state index contributed by atoms with van der Waals surface area (Å²) >= 11 is 1.68. The normalized spacial score (nSPS) is 42.4. The first-order valence-electron chi connectivity index (χ1n) is 1.91. The zero-order chi connectivity index (χ0) is 8.21. The van der Waals surface area contributed by atoms with E-state index in [1.165, 1.54) is 0 Å². The Morgan fingerprint density at radius 2 is 1.70 bits per heavy atom. The second-order valence-corrected chi connectivity index (χ2v) is 4.83. The lowest BCUT2D eigenvalue weighted by molar-refractivity contribution is -0.243. The number of hydrogen-bond acceptors (Lipinski definition) is 3. The Morgan fingerprint density at radius 1 is 1.30 bits per heavy atom. The van der Waals surface area contributed by atoms with E-state index in [9.17, 15) is 21.6 Å². The number of alkyl halides is 4. The fraction of sp³-hybridized carbons (Fsp3) is 1.00. The van der Waals surface area contributed by atoms with Crippen LogP contribution in [-0.2, 0) is 14.3 Å². The molecule has 3 nitrogen and oxygen atoms in total. The van der Waals surface area contributed by atoms with Gasteiger partial charge in [-0.25, -0.2) is 4.39 Å². The van der Waals surface area contributed by atoms with Crippen LogP contribution in [0, 0.1) is 0 Å². The largest absolute Gasteiger partial charge is 0.431 e. The van der Waals surface area contributed by atoms with Gasteiger partial charge in [-0.2, -0.15) is 21.4 Å². The van der Waals surface area contributed by atoms with E-state index >= 15 is 0 Å². The molecule has 1 saturated heterocycles. The lowest BCUT2D eigenvalue weighted by atomic mass is 10.7.